The van der Waals surface area contributed by atoms with Crippen molar-refractivity contribution in [2.24, 2.45) is 5.92 Å². The van der Waals surface area contributed by atoms with Crippen LogP contribution in [0.15, 0.2) is 30.5 Å². The Morgan fingerprint density at radius 1 is 1.43 bits per heavy atom. The molecule has 2 aromatic rings. The topological polar surface area (TPSA) is 79.5 Å². The van der Waals surface area contributed by atoms with Crippen molar-refractivity contribution < 1.29 is 10.0 Å². The summed E-state index contributed by atoms with van der Waals surface area (Å²) in [5.41, 5.74) is 1.42. The van der Waals surface area contributed by atoms with Crippen molar-refractivity contribution in [3.8, 4) is 0 Å². The number of para-hydroxylation sites is 1. The molecule has 2 heterocycles. The molecule has 1 aromatic carbocycles. The number of benzene rings is 1. The molecule has 0 aliphatic carbocycles. The third-order valence-electron chi connectivity index (χ3n) is 4.02. The third-order valence-corrected chi connectivity index (χ3v) is 4.02. The number of nitro groups is 1. The number of pyridine rings is 1. The highest BCUT2D eigenvalue weighted by atomic mass is 16.6. The van der Waals surface area contributed by atoms with Crippen molar-refractivity contribution in [3.05, 3.63) is 40.6 Å². The highest BCUT2D eigenvalue weighted by Gasteiger charge is 2.27. The van der Waals surface area contributed by atoms with Gasteiger partial charge in [0, 0.05) is 25.1 Å². The van der Waals surface area contributed by atoms with Crippen molar-refractivity contribution in [3.63, 3.8) is 0 Å². The van der Waals surface area contributed by atoms with Crippen LogP contribution in [0.5, 0.6) is 0 Å². The van der Waals surface area contributed by atoms with Gasteiger partial charge in [-0.25, -0.2) is 4.98 Å². The number of hydrogen-bond acceptors (Lipinski definition) is 5. The fraction of sp³-hybridized carbons (Fsp3) is 0.400. The van der Waals surface area contributed by atoms with Gasteiger partial charge in [0.05, 0.1) is 10.4 Å². The highest BCUT2D eigenvalue weighted by Crippen LogP contribution is 2.36. The summed E-state index contributed by atoms with van der Waals surface area (Å²) in [5, 5.41) is 21.5. The van der Waals surface area contributed by atoms with Crippen LogP contribution in [0.4, 0.5) is 11.4 Å². The number of hydrogen-bond donors (Lipinski definition) is 1. The van der Waals surface area contributed by atoms with Crippen molar-refractivity contribution in [1.29, 1.82) is 0 Å². The molecular weight excluding hydrogens is 270 g/mol. The summed E-state index contributed by atoms with van der Waals surface area (Å²) < 4.78 is 0. The van der Waals surface area contributed by atoms with Crippen LogP contribution in [-0.4, -0.2) is 34.7 Å². The molecule has 1 fully saturated rings. The summed E-state index contributed by atoms with van der Waals surface area (Å²) in [5.74, 6) is 0.172. The fourth-order valence-corrected chi connectivity index (χ4v) is 3.00. The van der Waals surface area contributed by atoms with E-state index >= 15 is 0 Å². The van der Waals surface area contributed by atoms with E-state index in [1.807, 2.05) is 29.2 Å². The van der Waals surface area contributed by atoms with Gasteiger partial charge in [-0.3, -0.25) is 10.1 Å². The second kappa shape index (κ2) is 5.65. The molecule has 0 spiro atoms. The Bertz CT molecular complexity index is 674. The van der Waals surface area contributed by atoms with Crippen molar-refractivity contribution in [1.82, 2.24) is 4.98 Å². The number of aliphatic hydroxyl groups excluding tert-OH is 1. The molecule has 0 amide bonds. The standard InChI is InChI=1S/C15H17N3O3/c19-10-11-4-3-7-17(9-11)15-12-5-1-2-6-13(12)16-8-14(15)18(20)21/h1-2,5-6,8,11,19H,3-4,7,9-10H2. The molecule has 6 heteroatoms. The average Bonchev–Trinajstić information content (AvgIpc) is 2.53. The average molecular weight is 287 g/mol. The number of aliphatic hydroxyl groups is 1. The van der Waals surface area contributed by atoms with Gasteiger partial charge in [-0.15, -0.1) is 0 Å². The van der Waals surface area contributed by atoms with Crippen LogP contribution in [0.1, 0.15) is 12.8 Å². The molecule has 1 unspecified atom stereocenters. The molecular formula is C15H17N3O3. The van der Waals surface area contributed by atoms with Gasteiger partial charge in [-0.1, -0.05) is 18.2 Å². The van der Waals surface area contributed by atoms with E-state index < -0.39 is 0 Å². The first-order valence-electron chi connectivity index (χ1n) is 7.08. The van der Waals surface area contributed by atoms with Gasteiger partial charge in [0.2, 0.25) is 0 Å². The quantitative estimate of drug-likeness (QED) is 0.692. The van der Waals surface area contributed by atoms with Gasteiger partial charge in [0.1, 0.15) is 11.9 Å². The first-order valence-corrected chi connectivity index (χ1v) is 7.08. The smallest absolute Gasteiger partial charge is 0.311 e. The number of nitrogens with zero attached hydrogens (tertiary/aromatic N) is 3. The predicted molar refractivity (Wildman–Crippen MR) is 80.4 cm³/mol. The molecule has 1 aliphatic rings. The van der Waals surface area contributed by atoms with Crippen molar-refractivity contribution >= 4 is 22.3 Å². The van der Waals surface area contributed by atoms with E-state index in [-0.39, 0.29) is 23.1 Å². The van der Waals surface area contributed by atoms with Crippen LogP contribution in [0.2, 0.25) is 0 Å². The van der Waals surface area contributed by atoms with Crippen LogP contribution in [0.25, 0.3) is 10.9 Å². The van der Waals surface area contributed by atoms with Crippen LogP contribution in [-0.2, 0) is 0 Å². The molecule has 1 aliphatic heterocycles. The van der Waals surface area contributed by atoms with Crippen LogP contribution in [0, 0.1) is 16.0 Å². The fourth-order valence-electron chi connectivity index (χ4n) is 3.00. The highest BCUT2D eigenvalue weighted by molar-refractivity contribution is 5.96. The summed E-state index contributed by atoms with van der Waals surface area (Å²) in [7, 11) is 0. The Hall–Kier alpha value is -2.21. The summed E-state index contributed by atoms with van der Waals surface area (Å²) in [6.45, 7) is 1.53. The number of anilines is 1. The van der Waals surface area contributed by atoms with Crippen LogP contribution in [0.3, 0.4) is 0 Å². The molecule has 1 saturated heterocycles. The summed E-state index contributed by atoms with van der Waals surface area (Å²) >= 11 is 0. The molecule has 1 atom stereocenters. The Morgan fingerprint density at radius 2 is 2.24 bits per heavy atom. The first kappa shape index (κ1) is 13.8. The van der Waals surface area contributed by atoms with Crippen LogP contribution < -0.4 is 4.90 Å². The lowest BCUT2D eigenvalue weighted by atomic mass is 9.97. The zero-order chi connectivity index (χ0) is 14.8. The van der Waals surface area contributed by atoms with E-state index in [4.69, 9.17) is 0 Å². The maximum Gasteiger partial charge on any atom is 0.311 e. The van der Waals surface area contributed by atoms with Gasteiger partial charge in [0.25, 0.3) is 0 Å². The van der Waals surface area contributed by atoms with E-state index in [2.05, 4.69) is 4.98 Å². The van der Waals surface area contributed by atoms with Gasteiger partial charge < -0.3 is 10.0 Å². The molecule has 1 aromatic heterocycles. The van der Waals surface area contributed by atoms with Gasteiger partial charge in [-0.05, 0) is 24.8 Å². The molecule has 3 rings (SSSR count). The minimum atomic E-state index is -0.378. The van der Waals surface area contributed by atoms with Gasteiger partial charge in [-0.2, -0.15) is 0 Å². The molecule has 6 nitrogen and oxygen atoms in total. The van der Waals surface area contributed by atoms with Gasteiger partial charge in [0.15, 0.2) is 0 Å². The lowest BCUT2D eigenvalue weighted by Gasteiger charge is -2.33. The first-order chi connectivity index (χ1) is 10.2. The second-order valence-electron chi connectivity index (χ2n) is 5.40. The number of fused-ring (bicyclic) bond motifs is 1. The molecule has 110 valence electrons. The van der Waals surface area contributed by atoms with Gasteiger partial charge >= 0.3 is 5.69 Å². The lowest BCUT2D eigenvalue weighted by molar-refractivity contribution is -0.384. The summed E-state index contributed by atoms with van der Waals surface area (Å²) in [4.78, 5) is 17.2. The Kier molecular flexibility index (Phi) is 3.70. The van der Waals surface area contributed by atoms with E-state index in [9.17, 15) is 15.2 Å². The van der Waals surface area contributed by atoms with Crippen LogP contribution >= 0.6 is 0 Å². The molecule has 0 bridgehead atoms. The minimum absolute atomic E-state index is 0.0345. The lowest BCUT2D eigenvalue weighted by Crippen LogP contribution is -2.37. The van der Waals surface area contributed by atoms with E-state index in [0.717, 1.165) is 30.3 Å². The third kappa shape index (κ3) is 2.54. The zero-order valence-corrected chi connectivity index (χ0v) is 11.6. The van der Waals surface area contributed by atoms with E-state index in [1.165, 1.54) is 6.20 Å². The van der Waals surface area contributed by atoms with Crippen molar-refractivity contribution in [2.75, 3.05) is 24.6 Å². The number of piperidine rings is 1. The van der Waals surface area contributed by atoms with E-state index in [1.54, 1.807) is 0 Å². The molecule has 21 heavy (non-hydrogen) atoms. The van der Waals surface area contributed by atoms with Crippen molar-refractivity contribution in [2.45, 2.75) is 12.8 Å². The summed E-state index contributed by atoms with van der Waals surface area (Å²) in [6.07, 6.45) is 3.23. The molecule has 1 N–H and O–H groups in total. The van der Waals surface area contributed by atoms with E-state index in [0.29, 0.717) is 12.2 Å². The Labute approximate surface area is 122 Å². The molecule has 0 saturated carbocycles. The summed E-state index contributed by atoms with van der Waals surface area (Å²) in [6, 6.07) is 7.46. The normalized spacial score (nSPS) is 18.9. The Morgan fingerprint density at radius 3 is 3.00 bits per heavy atom. The maximum atomic E-state index is 11.3. The zero-order valence-electron chi connectivity index (χ0n) is 11.6. The molecule has 0 radical (unpaired) electrons. The SMILES string of the molecule is O=[N+]([O-])c1cnc2ccccc2c1N1CCCC(CO)C1. The maximum absolute atomic E-state index is 11.3. The number of rotatable bonds is 3. The largest absolute Gasteiger partial charge is 0.396 e. The predicted octanol–water partition coefficient (Wildman–Crippen LogP) is 2.35. The monoisotopic (exact) mass is 287 g/mol. The second-order valence-corrected chi connectivity index (χ2v) is 5.40. The minimum Gasteiger partial charge on any atom is -0.396 e. The number of aromatic nitrogens is 1. The Balaban J connectivity index is 2.14.